The van der Waals surface area contributed by atoms with E-state index in [4.69, 9.17) is 4.98 Å². The van der Waals surface area contributed by atoms with Gasteiger partial charge in [0.1, 0.15) is 6.29 Å². The average Bonchev–Trinajstić information content (AvgIpc) is 3.53. The van der Waals surface area contributed by atoms with Gasteiger partial charge in [0.05, 0.1) is 11.6 Å². The Kier molecular flexibility index (Phi) is 9.48. The molecule has 2 fully saturated rings. The lowest BCUT2D eigenvalue weighted by molar-refractivity contribution is -0.107. The Bertz CT molecular complexity index is 1100. The summed E-state index contributed by atoms with van der Waals surface area (Å²) in [7, 11) is 1.79. The van der Waals surface area contributed by atoms with E-state index < -0.39 is 0 Å². The van der Waals surface area contributed by atoms with Crippen LogP contribution in [0.1, 0.15) is 97.1 Å². The fraction of sp³-hybridized carbons (Fsp3) is 0.548. The Morgan fingerprint density at radius 3 is 2.59 bits per heavy atom. The van der Waals surface area contributed by atoms with Gasteiger partial charge in [-0.1, -0.05) is 51.2 Å². The van der Waals surface area contributed by atoms with Crippen molar-refractivity contribution in [2.75, 3.05) is 18.9 Å². The molecule has 0 radical (unpaired) electrons. The standard InChI is InChI=1S/C31H42N4O2/c1-4-22(23-8-5-6-9-23)17-27-18-26(33-14-7-15-36)19-30(34-27)29(20-32-3)24-10-13-28(21(2)16-24)31(37)35-25-11-12-25/h10,13,15-16,18-20,22-23,25,29H,4-9,11-12,14,17H2,1-3H3,(H,33,34)(H,35,37). The molecule has 2 N–H and O–H groups in total. The summed E-state index contributed by atoms with van der Waals surface area (Å²) in [6.07, 6.45) is 13.0. The second-order valence-corrected chi connectivity index (χ2v) is 10.8. The zero-order chi connectivity index (χ0) is 26.2. The van der Waals surface area contributed by atoms with Crippen LogP contribution in [-0.4, -0.2) is 43.0 Å². The monoisotopic (exact) mass is 502 g/mol. The topological polar surface area (TPSA) is 83.5 Å². The van der Waals surface area contributed by atoms with E-state index in [0.29, 0.717) is 24.9 Å². The molecule has 1 aromatic carbocycles. The number of hydrogen-bond donors (Lipinski definition) is 2. The number of benzene rings is 1. The molecule has 2 unspecified atom stereocenters. The number of rotatable bonds is 13. The summed E-state index contributed by atoms with van der Waals surface area (Å²) in [6, 6.07) is 10.6. The molecule has 2 aromatic rings. The molecule has 6 heteroatoms. The van der Waals surface area contributed by atoms with E-state index in [2.05, 4.69) is 40.7 Å². The van der Waals surface area contributed by atoms with Gasteiger partial charge in [-0.15, -0.1) is 0 Å². The van der Waals surface area contributed by atoms with Crippen molar-refractivity contribution >= 4 is 24.1 Å². The molecule has 2 aliphatic carbocycles. The largest absolute Gasteiger partial charge is 0.385 e. The summed E-state index contributed by atoms with van der Waals surface area (Å²) in [6.45, 7) is 4.89. The molecule has 37 heavy (non-hydrogen) atoms. The van der Waals surface area contributed by atoms with Gasteiger partial charge in [-0.25, -0.2) is 0 Å². The number of hydrogen-bond acceptors (Lipinski definition) is 5. The highest BCUT2D eigenvalue weighted by molar-refractivity contribution is 5.96. The Morgan fingerprint density at radius 2 is 1.95 bits per heavy atom. The lowest BCUT2D eigenvalue weighted by atomic mass is 9.84. The Hall–Kier alpha value is -3.02. The fourth-order valence-electron chi connectivity index (χ4n) is 5.70. The highest BCUT2D eigenvalue weighted by Crippen LogP contribution is 2.35. The van der Waals surface area contributed by atoms with E-state index in [1.807, 2.05) is 25.3 Å². The van der Waals surface area contributed by atoms with Crippen LogP contribution < -0.4 is 10.6 Å². The van der Waals surface area contributed by atoms with Gasteiger partial charge in [0.2, 0.25) is 0 Å². The van der Waals surface area contributed by atoms with Gasteiger partial charge in [-0.3, -0.25) is 14.8 Å². The molecule has 1 aromatic heterocycles. The first-order valence-corrected chi connectivity index (χ1v) is 14.0. The maximum Gasteiger partial charge on any atom is 0.251 e. The molecular weight excluding hydrogens is 460 g/mol. The number of pyridine rings is 1. The zero-order valence-corrected chi connectivity index (χ0v) is 22.6. The summed E-state index contributed by atoms with van der Waals surface area (Å²) in [5, 5.41) is 6.52. The maximum absolute atomic E-state index is 12.7. The highest BCUT2D eigenvalue weighted by atomic mass is 16.1. The molecule has 2 saturated carbocycles. The minimum Gasteiger partial charge on any atom is -0.385 e. The summed E-state index contributed by atoms with van der Waals surface area (Å²) in [4.78, 5) is 33.1. The van der Waals surface area contributed by atoms with Crippen LogP contribution in [0.25, 0.3) is 0 Å². The van der Waals surface area contributed by atoms with E-state index in [1.165, 1.54) is 25.7 Å². The van der Waals surface area contributed by atoms with Crippen molar-refractivity contribution in [1.82, 2.24) is 10.3 Å². The lowest BCUT2D eigenvalue weighted by Gasteiger charge is -2.23. The molecule has 2 atom stereocenters. The molecule has 6 nitrogen and oxygen atoms in total. The lowest BCUT2D eigenvalue weighted by Crippen LogP contribution is -2.26. The number of aliphatic imine (C=N–C) groups is 1. The van der Waals surface area contributed by atoms with E-state index in [9.17, 15) is 9.59 Å². The molecule has 0 saturated heterocycles. The first-order chi connectivity index (χ1) is 18.0. The zero-order valence-electron chi connectivity index (χ0n) is 22.6. The van der Waals surface area contributed by atoms with Crippen LogP contribution in [0.5, 0.6) is 0 Å². The number of anilines is 1. The normalized spacial score (nSPS) is 17.6. The smallest absolute Gasteiger partial charge is 0.251 e. The molecule has 4 rings (SSSR count). The van der Waals surface area contributed by atoms with Crippen LogP contribution in [0.15, 0.2) is 35.3 Å². The van der Waals surface area contributed by atoms with E-state index in [1.54, 1.807) is 7.05 Å². The fourth-order valence-corrected chi connectivity index (χ4v) is 5.70. The molecule has 0 bridgehead atoms. The van der Waals surface area contributed by atoms with Gasteiger partial charge in [0.25, 0.3) is 5.91 Å². The van der Waals surface area contributed by atoms with E-state index >= 15 is 0 Å². The highest BCUT2D eigenvalue weighted by Gasteiger charge is 2.26. The van der Waals surface area contributed by atoms with Crippen molar-refractivity contribution in [1.29, 1.82) is 0 Å². The van der Waals surface area contributed by atoms with Gasteiger partial charge in [0, 0.05) is 49.2 Å². The molecule has 1 heterocycles. The number of carbonyl (C=O) groups excluding carboxylic acids is 2. The molecule has 0 spiro atoms. The van der Waals surface area contributed by atoms with E-state index in [0.717, 1.165) is 71.7 Å². The number of aromatic nitrogens is 1. The number of amides is 1. The second kappa shape index (κ2) is 13.0. The average molecular weight is 503 g/mol. The molecule has 1 amide bonds. The molecule has 198 valence electrons. The van der Waals surface area contributed by atoms with Crippen molar-refractivity contribution in [3.8, 4) is 0 Å². The minimum atomic E-state index is -0.123. The molecular formula is C31H42N4O2. The van der Waals surface area contributed by atoms with Crippen LogP contribution in [-0.2, 0) is 11.2 Å². The maximum atomic E-state index is 12.7. The third-order valence-corrected chi connectivity index (χ3v) is 7.94. The van der Waals surface area contributed by atoms with Gasteiger partial charge in [0.15, 0.2) is 0 Å². The van der Waals surface area contributed by atoms with Crippen molar-refractivity contribution in [2.24, 2.45) is 16.8 Å². The predicted octanol–water partition coefficient (Wildman–Crippen LogP) is 5.87. The van der Waals surface area contributed by atoms with Crippen molar-refractivity contribution in [3.05, 3.63) is 58.4 Å². The van der Waals surface area contributed by atoms with Crippen molar-refractivity contribution in [2.45, 2.75) is 83.6 Å². The Balaban J connectivity index is 1.64. The number of carbonyl (C=O) groups is 2. The van der Waals surface area contributed by atoms with Crippen LogP contribution in [0.4, 0.5) is 5.69 Å². The van der Waals surface area contributed by atoms with Crippen molar-refractivity contribution < 1.29 is 9.59 Å². The minimum absolute atomic E-state index is 0.00608. The number of nitrogens with zero attached hydrogens (tertiary/aromatic N) is 2. The quantitative estimate of drug-likeness (QED) is 0.204. The first kappa shape index (κ1) is 27.0. The Labute approximate surface area is 221 Å². The molecule has 2 aliphatic rings. The predicted molar refractivity (Wildman–Crippen MR) is 151 cm³/mol. The summed E-state index contributed by atoms with van der Waals surface area (Å²) in [5.74, 6) is 1.30. The number of nitrogens with one attached hydrogen (secondary N) is 2. The van der Waals surface area contributed by atoms with Crippen LogP contribution >= 0.6 is 0 Å². The third-order valence-electron chi connectivity index (χ3n) is 7.94. The third kappa shape index (κ3) is 7.27. The SMILES string of the molecule is CCC(Cc1cc(NCCC=O)cc(C(C=NC)c2ccc(C(=O)NC3CC3)c(C)c2)n1)C1CCCC1. The number of aryl methyl sites for hydroxylation is 1. The van der Waals surface area contributed by atoms with Gasteiger partial charge in [-0.05, 0) is 67.3 Å². The summed E-state index contributed by atoms with van der Waals surface area (Å²) < 4.78 is 0. The van der Waals surface area contributed by atoms with Gasteiger partial charge < -0.3 is 15.4 Å². The summed E-state index contributed by atoms with van der Waals surface area (Å²) >= 11 is 0. The van der Waals surface area contributed by atoms with Crippen molar-refractivity contribution in [3.63, 3.8) is 0 Å². The van der Waals surface area contributed by atoms with Crippen LogP contribution in [0.3, 0.4) is 0 Å². The van der Waals surface area contributed by atoms with Gasteiger partial charge >= 0.3 is 0 Å². The van der Waals surface area contributed by atoms with Gasteiger partial charge in [-0.2, -0.15) is 0 Å². The van der Waals surface area contributed by atoms with Crippen LogP contribution in [0, 0.1) is 18.8 Å². The summed E-state index contributed by atoms with van der Waals surface area (Å²) in [5.41, 5.74) is 5.78. The first-order valence-electron chi connectivity index (χ1n) is 14.0. The second-order valence-electron chi connectivity index (χ2n) is 10.8. The number of aldehydes is 1. The molecule has 0 aliphatic heterocycles. The Morgan fingerprint density at radius 1 is 1.16 bits per heavy atom. The van der Waals surface area contributed by atoms with E-state index in [-0.39, 0.29) is 11.8 Å². The van der Waals surface area contributed by atoms with Crippen LogP contribution in [0.2, 0.25) is 0 Å².